The third kappa shape index (κ3) is 4.09. The molecule has 3 rings (SSSR count). The van der Waals surface area contributed by atoms with E-state index >= 15 is 0 Å². The maximum Gasteiger partial charge on any atom is 0.142 e. The van der Waals surface area contributed by atoms with Crippen molar-refractivity contribution >= 4 is 11.3 Å². The van der Waals surface area contributed by atoms with E-state index in [2.05, 4.69) is 27.6 Å². The average molecular weight is 302 g/mol. The Morgan fingerprint density at radius 3 is 3.10 bits per heavy atom. The van der Waals surface area contributed by atoms with Gasteiger partial charge in [-0.1, -0.05) is 12.5 Å². The minimum atomic E-state index is 0.637. The summed E-state index contributed by atoms with van der Waals surface area (Å²) in [6.45, 7) is 3.16. The van der Waals surface area contributed by atoms with E-state index in [0.717, 1.165) is 29.5 Å². The zero-order chi connectivity index (χ0) is 14.5. The molecule has 1 unspecified atom stereocenters. The maximum absolute atomic E-state index is 4.71. The Morgan fingerprint density at radius 2 is 2.33 bits per heavy atom. The van der Waals surface area contributed by atoms with Crippen molar-refractivity contribution in [1.29, 1.82) is 0 Å². The van der Waals surface area contributed by atoms with Crippen molar-refractivity contribution in [3.05, 3.63) is 35.5 Å². The number of likely N-dealkylation sites (N-methyl/N-ethyl adjacent to an activating group) is 1. The molecule has 0 bridgehead atoms. The SMILES string of the molecule is CN(Cc1csc(-c2ccccn2)n1)CC1CCCCN1. The number of thiazole rings is 1. The minimum absolute atomic E-state index is 0.637. The molecule has 0 radical (unpaired) electrons. The lowest BCUT2D eigenvalue weighted by molar-refractivity contribution is 0.255. The molecule has 4 nitrogen and oxygen atoms in total. The second-order valence-electron chi connectivity index (χ2n) is 5.70. The summed E-state index contributed by atoms with van der Waals surface area (Å²) in [4.78, 5) is 11.4. The molecule has 112 valence electrons. The molecule has 0 spiro atoms. The molecule has 2 aromatic heterocycles. The number of hydrogen-bond donors (Lipinski definition) is 1. The molecule has 21 heavy (non-hydrogen) atoms. The summed E-state index contributed by atoms with van der Waals surface area (Å²) in [7, 11) is 2.18. The van der Waals surface area contributed by atoms with Crippen LogP contribution in [0.3, 0.4) is 0 Å². The fourth-order valence-corrected chi connectivity index (χ4v) is 3.57. The summed E-state index contributed by atoms with van der Waals surface area (Å²) < 4.78 is 0. The van der Waals surface area contributed by atoms with Gasteiger partial charge in [-0.05, 0) is 38.6 Å². The van der Waals surface area contributed by atoms with E-state index in [-0.39, 0.29) is 0 Å². The number of aromatic nitrogens is 2. The van der Waals surface area contributed by atoms with Crippen LogP contribution in [0.1, 0.15) is 25.0 Å². The van der Waals surface area contributed by atoms with Crippen LogP contribution < -0.4 is 5.32 Å². The summed E-state index contributed by atoms with van der Waals surface area (Å²) in [6, 6.07) is 6.59. The molecule has 0 amide bonds. The van der Waals surface area contributed by atoms with Crippen LogP contribution in [-0.4, -0.2) is 41.0 Å². The predicted molar refractivity (Wildman–Crippen MR) is 87.3 cm³/mol. The summed E-state index contributed by atoms with van der Waals surface area (Å²) in [5.74, 6) is 0. The Labute approximate surface area is 130 Å². The fourth-order valence-electron chi connectivity index (χ4n) is 2.78. The molecular weight excluding hydrogens is 280 g/mol. The Hall–Kier alpha value is -1.30. The van der Waals surface area contributed by atoms with Crippen molar-refractivity contribution in [2.24, 2.45) is 0 Å². The molecule has 1 aliphatic heterocycles. The molecule has 5 heteroatoms. The van der Waals surface area contributed by atoms with Crippen molar-refractivity contribution in [2.45, 2.75) is 31.8 Å². The van der Waals surface area contributed by atoms with Gasteiger partial charge in [-0.25, -0.2) is 4.98 Å². The topological polar surface area (TPSA) is 41.1 Å². The van der Waals surface area contributed by atoms with Crippen molar-refractivity contribution < 1.29 is 0 Å². The Balaban J connectivity index is 1.56. The van der Waals surface area contributed by atoms with Crippen molar-refractivity contribution in [1.82, 2.24) is 20.2 Å². The third-order valence-corrected chi connectivity index (χ3v) is 4.73. The second-order valence-corrected chi connectivity index (χ2v) is 6.56. The quantitative estimate of drug-likeness (QED) is 0.922. The molecule has 3 heterocycles. The second kappa shape index (κ2) is 7.11. The number of hydrogen-bond acceptors (Lipinski definition) is 5. The van der Waals surface area contributed by atoms with Crippen LogP contribution in [0.15, 0.2) is 29.8 Å². The van der Waals surface area contributed by atoms with Gasteiger partial charge in [-0.3, -0.25) is 9.88 Å². The molecule has 1 N–H and O–H groups in total. The lowest BCUT2D eigenvalue weighted by Gasteiger charge is -2.27. The van der Waals surface area contributed by atoms with Crippen LogP contribution in [0.5, 0.6) is 0 Å². The summed E-state index contributed by atoms with van der Waals surface area (Å²) in [6.07, 6.45) is 5.78. The highest BCUT2D eigenvalue weighted by Crippen LogP contribution is 2.22. The van der Waals surface area contributed by atoms with Gasteiger partial charge in [-0.15, -0.1) is 11.3 Å². The number of rotatable bonds is 5. The van der Waals surface area contributed by atoms with E-state index in [0.29, 0.717) is 6.04 Å². The normalized spacial score (nSPS) is 19.0. The highest BCUT2D eigenvalue weighted by Gasteiger charge is 2.15. The van der Waals surface area contributed by atoms with Gasteiger partial charge in [0.1, 0.15) is 5.01 Å². The van der Waals surface area contributed by atoms with Crippen LogP contribution in [0.25, 0.3) is 10.7 Å². The monoisotopic (exact) mass is 302 g/mol. The van der Waals surface area contributed by atoms with E-state index < -0.39 is 0 Å². The van der Waals surface area contributed by atoms with Gasteiger partial charge in [0, 0.05) is 30.7 Å². The van der Waals surface area contributed by atoms with Crippen LogP contribution in [-0.2, 0) is 6.54 Å². The average Bonchev–Trinajstić information content (AvgIpc) is 2.97. The highest BCUT2D eigenvalue weighted by atomic mass is 32.1. The minimum Gasteiger partial charge on any atom is -0.313 e. The number of pyridine rings is 1. The van der Waals surface area contributed by atoms with Gasteiger partial charge in [0.2, 0.25) is 0 Å². The largest absolute Gasteiger partial charge is 0.313 e. The van der Waals surface area contributed by atoms with E-state index in [4.69, 9.17) is 4.98 Å². The Morgan fingerprint density at radius 1 is 1.38 bits per heavy atom. The van der Waals surface area contributed by atoms with Crippen LogP contribution in [0, 0.1) is 0 Å². The maximum atomic E-state index is 4.71. The van der Waals surface area contributed by atoms with Crippen LogP contribution in [0.4, 0.5) is 0 Å². The molecule has 2 aromatic rings. The van der Waals surface area contributed by atoms with Crippen molar-refractivity contribution in [3.63, 3.8) is 0 Å². The molecule has 0 aromatic carbocycles. The zero-order valence-corrected chi connectivity index (χ0v) is 13.3. The number of nitrogens with one attached hydrogen (secondary N) is 1. The zero-order valence-electron chi connectivity index (χ0n) is 12.5. The molecule has 1 aliphatic rings. The number of piperidine rings is 1. The first-order valence-electron chi connectivity index (χ1n) is 7.59. The van der Waals surface area contributed by atoms with Crippen LogP contribution >= 0.6 is 11.3 Å². The Bertz CT molecular complexity index is 548. The van der Waals surface area contributed by atoms with E-state index in [1.165, 1.54) is 25.8 Å². The first kappa shape index (κ1) is 14.6. The fraction of sp³-hybridized carbons (Fsp3) is 0.500. The van der Waals surface area contributed by atoms with Gasteiger partial charge in [0.25, 0.3) is 0 Å². The number of nitrogens with zero attached hydrogens (tertiary/aromatic N) is 3. The molecule has 0 saturated carbocycles. The van der Waals surface area contributed by atoms with Crippen molar-refractivity contribution in [3.8, 4) is 10.7 Å². The molecule has 0 aliphatic carbocycles. The molecule has 1 atom stereocenters. The molecular formula is C16H22N4S. The summed E-state index contributed by atoms with van der Waals surface area (Å²) in [5.41, 5.74) is 2.10. The Kier molecular flexibility index (Phi) is 4.95. The van der Waals surface area contributed by atoms with Gasteiger partial charge in [0.15, 0.2) is 0 Å². The smallest absolute Gasteiger partial charge is 0.142 e. The lowest BCUT2D eigenvalue weighted by Crippen LogP contribution is -2.42. The summed E-state index contributed by atoms with van der Waals surface area (Å²) in [5, 5.41) is 6.75. The van der Waals surface area contributed by atoms with Gasteiger partial charge >= 0.3 is 0 Å². The van der Waals surface area contributed by atoms with E-state index in [9.17, 15) is 0 Å². The van der Waals surface area contributed by atoms with Gasteiger partial charge in [0.05, 0.1) is 11.4 Å². The van der Waals surface area contributed by atoms with Crippen molar-refractivity contribution in [2.75, 3.05) is 20.1 Å². The lowest BCUT2D eigenvalue weighted by atomic mass is 10.0. The molecule has 1 saturated heterocycles. The van der Waals surface area contributed by atoms with Gasteiger partial charge in [-0.2, -0.15) is 0 Å². The summed E-state index contributed by atoms with van der Waals surface area (Å²) >= 11 is 1.67. The van der Waals surface area contributed by atoms with E-state index in [1.54, 1.807) is 11.3 Å². The first-order valence-corrected chi connectivity index (χ1v) is 8.47. The van der Waals surface area contributed by atoms with E-state index in [1.807, 2.05) is 24.4 Å². The van der Waals surface area contributed by atoms with Crippen LogP contribution in [0.2, 0.25) is 0 Å². The van der Waals surface area contributed by atoms with Gasteiger partial charge < -0.3 is 5.32 Å². The highest BCUT2D eigenvalue weighted by molar-refractivity contribution is 7.13. The standard InChI is InChI=1S/C16H22N4S/c1-20(10-13-6-2-4-8-17-13)11-14-12-21-16(19-14)15-7-3-5-9-18-15/h3,5,7,9,12-13,17H,2,4,6,8,10-11H2,1H3. The predicted octanol–water partition coefficient (Wildman–Crippen LogP) is 2.78. The third-order valence-electron chi connectivity index (χ3n) is 3.81. The molecule has 1 fully saturated rings. The first-order chi connectivity index (χ1) is 10.3.